The molecule has 0 amide bonds. The van der Waals surface area contributed by atoms with E-state index in [0.717, 1.165) is 19.6 Å². The number of nitrogens with zero attached hydrogens (tertiary/aromatic N) is 4. The number of aryl methyl sites for hydroxylation is 1. The van der Waals surface area contributed by atoms with E-state index >= 15 is 0 Å². The maximum absolute atomic E-state index is 4.41. The molecule has 0 bridgehead atoms. The van der Waals surface area contributed by atoms with Crippen LogP contribution in [0.4, 0.5) is 0 Å². The first-order valence-electron chi connectivity index (χ1n) is 7.20. The normalized spacial score (nSPS) is 19.9. The van der Waals surface area contributed by atoms with E-state index in [4.69, 9.17) is 0 Å². The highest BCUT2D eigenvalue weighted by Gasteiger charge is 2.22. The first kappa shape index (κ1) is 13.2. The number of piperidine rings is 1. The third-order valence-corrected chi connectivity index (χ3v) is 3.87. The summed E-state index contributed by atoms with van der Waals surface area (Å²) in [6, 6.07) is 4.27. The predicted octanol–water partition coefficient (Wildman–Crippen LogP) is 2.56. The van der Waals surface area contributed by atoms with E-state index in [1.807, 2.05) is 24.7 Å². The molecule has 1 saturated heterocycles. The maximum atomic E-state index is 4.41. The Morgan fingerprint density at radius 1 is 1.30 bits per heavy atom. The molecule has 1 aliphatic heterocycles. The van der Waals surface area contributed by atoms with Gasteiger partial charge in [0.05, 0.1) is 0 Å². The Morgan fingerprint density at radius 3 is 3.05 bits per heavy atom. The van der Waals surface area contributed by atoms with Crippen LogP contribution in [0.3, 0.4) is 0 Å². The van der Waals surface area contributed by atoms with Crippen molar-refractivity contribution in [3.63, 3.8) is 0 Å². The van der Waals surface area contributed by atoms with Gasteiger partial charge in [-0.3, -0.25) is 9.88 Å². The fraction of sp³-hybridized carbons (Fsp3) is 0.438. The molecule has 0 aliphatic carbocycles. The zero-order chi connectivity index (χ0) is 13.8. The number of pyridine rings is 1. The van der Waals surface area contributed by atoms with Gasteiger partial charge in [-0.25, -0.2) is 9.97 Å². The Hall–Kier alpha value is -1.81. The molecule has 3 rings (SSSR count). The number of rotatable bonds is 3. The molecule has 2 aromatic heterocycles. The monoisotopic (exact) mass is 268 g/mol. The van der Waals surface area contributed by atoms with Gasteiger partial charge in [0.2, 0.25) is 0 Å². The van der Waals surface area contributed by atoms with E-state index in [1.54, 1.807) is 6.33 Å². The van der Waals surface area contributed by atoms with Crippen molar-refractivity contribution in [2.45, 2.75) is 32.2 Å². The van der Waals surface area contributed by atoms with E-state index < -0.39 is 0 Å². The highest BCUT2D eigenvalue weighted by Crippen LogP contribution is 2.26. The fourth-order valence-electron chi connectivity index (χ4n) is 2.95. The first-order chi connectivity index (χ1) is 9.81. The van der Waals surface area contributed by atoms with Crippen molar-refractivity contribution in [1.82, 2.24) is 19.9 Å². The molecule has 0 N–H and O–H groups in total. The Kier molecular flexibility index (Phi) is 4.02. The van der Waals surface area contributed by atoms with Crippen LogP contribution in [0.5, 0.6) is 0 Å². The lowest BCUT2D eigenvalue weighted by molar-refractivity contribution is 0.198. The molecule has 20 heavy (non-hydrogen) atoms. The predicted molar refractivity (Wildman–Crippen MR) is 78.3 cm³/mol. The zero-order valence-corrected chi connectivity index (χ0v) is 11.9. The zero-order valence-electron chi connectivity index (χ0n) is 11.9. The molecular weight excluding hydrogens is 248 g/mol. The van der Waals surface area contributed by atoms with Crippen molar-refractivity contribution in [1.29, 1.82) is 0 Å². The summed E-state index contributed by atoms with van der Waals surface area (Å²) in [4.78, 5) is 15.2. The molecule has 0 radical (unpaired) electrons. The number of hydrogen-bond donors (Lipinski definition) is 0. The molecule has 2 aromatic rings. The summed E-state index contributed by atoms with van der Waals surface area (Å²) in [5, 5.41) is 0. The van der Waals surface area contributed by atoms with E-state index in [-0.39, 0.29) is 0 Å². The minimum atomic E-state index is 0.532. The molecule has 1 atom stereocenters. The van der Waals surface area contributed by atoms with Crippen LogP contribution in [0.2, 0.25) is 0 Å². The summed E-state index contributed by atoms with van der Waals surface area (Å²) in [7, 11) is 0. The number of hydrogen-bond acceptors (Lipinski definition) is 4. The molecule has 0 saturated carbocycles. The van der Waals surface area contributed by atoms with Gasteiger partial charge < -0.3 is 0 Å². The average Bonchev–Trinajstić information content (AvgIpc) is 2.48. The van der Waals surface area contributed by atoms with E-state index in [9.17, 15) is 0 Å². The second-order valence-electron chi connectivity index (χ2n) is 5.58. The molecule has 3 heterocycles. The molecule has 0 unspecified atom stereocenters. The lowest BCUT2D eigenvalue weighted by atomic mass is 9.94. The van der Waals surface area contributed by atoms with Crippen molar-refractivity contribution in [2.24, 2.45) is 0 Å². The van der Waals surface area contributed by atoms with Gasteiger partial charge in [0.25, 0.3) is 0 Å². The Balaban J connectivity index is 1.66. The van der Waals surface area contributed by atoms with Gasteiger partial charge in [0.15, 0.2) is 0 Å². The molecule has 4 nitrogen and oxygen atoms in total. The van der Waals surface area contributed by atoms with Crippen LogP contribution in [0.25, 0.3) is 0 Å². The average molecular weight is 268 g/mol. The minimum absolute atomic E-state index is 0.532. The summed E-state index contributed by atoms with van der Waals surface area (Å²) < 4.78 is 0. The quantitative estimate of drug-likeness (QED) is 0.858. The molecule has 104 valence electrons. The van der Waals surface area contributed by atoms with Crippen LogP contribution < -0.4 is 0 Å². The Bertz CT molecular complexity index is 555. The van der Waals surface area contributed by atoms with Crippen molar-refractivity contribution in [3.05, 3.63) is 53.9 Å². The number of aromatic nitrogens is 3. The maximum Gasteiger partial charge on any atom is 0.115 e. The summed E-state index contributed by atoms with van der Waals surface area (Å²) in [6.07, 6.45) is 9.82. The largest absolute Gasteiger partial charge is 0.298 e. The van der Waals surface area contributed by atoms with Gasteiger partial charge in [-0.1, -0.05) is 6.07 Å². The van der Waals surface area contributed by atoms with Crippen molar-refractivity contribution >= 4 is 0 Å². The lowest BCUT2D eigenvalue weighted by Crippen LogP contribution is -2.34. The molecule has 4 heteroatoms. The molecule has 0 aromatic carbocycles. The second-order valence-corrected chi connectivity index (χ2v) is 5.58. The lowest BCUT2D eigenvalue weighted by Gasteiger charge is -2.32. The minimum Gasteiger partial charge on any atom is -0.298 e. The van der Waals surface area contributed by atoms with Crippen molar-refractivity contribution < 1.29 is 0 Å². The highest BCUT2D eigenvalue weighted by atomic mass is 15.1. The third kappa shape index (κ3) is 3.20. The number of likely N-dealkylation sites (tertiary alicyclic amines) is 1. The van der Waals surface area contributed by atoms with Crippen molar-refractivity contribution in [3.8, 4) is 0 Å². The topological polar surface area (TPSA) is 41.9 Å². The van der Waals surface area contributed by atoms with E-state index in [1.165, 1.54) is 29.7 Å². The Labute approximate surface area is 119 Å². The van der Waals surface area contributed by atoms with Crippen LogP contribution in [0.15, 0.2) is 37.1 Å². The first-order valence-corrected chi connectivity index (χ1v) is 7.20. The fourth-order valence-corrected chi connectivity index (χ4v) is 2.95. The van der Waals surface area contributed by atoms with Crippen LogP contribution in [0.1, 0.15) is 35.6 Å². The van der Waals surface area contributed by atoms with Gasteiger partial charge in [-0.2, -0.15) is 0 Å². The van der Waals surface area contributed by atoms with Crippen LogP contribution in [-0.2, 0) is 6.54 Å². The van der Waals surface area contributed by atoms with Gasteiger partial charge in [-0.05, 0) is 43.5 Å². The summed E-state index contributed by atoms with van der Waals surface area (Å²) in [5.41, 5.74) is 3.70. The highest BCUT2D eigenvalue weighted by molar-refractivity contribution is 5.17. The van der Waals surface area contributed by atoms with Gasteiger partial charge in [0, 0.05) is 43.3 Å². The molecular formula is C16H20N4. The smallest absolute Gasteiger partial charge is 0.115 e. The van der Waals surface area contributed by atoms with Crippen molar-refractivity contribution in [2.75, 3.05) is 13.1 Å². The Morgan fingerprint density at radius 2 is 2.25 bits per heavy atom. The molecule has 0 spiro atoms. The van der Waals surface area contributed by atoms with E-state index in [0.29, 0.717) is 5.92 Å². The van der Waals surface area contributed by atoms with Gasteiger partial charge >= 0.3 is 0 Å². The summed E-state index contributed by atoms with van der Waals surface area (Å²) >= 11 is 0. The van der Waals surface area contributed by atoms with Crippen LogP contribution in [0, 0.1) is 6.92 Å². The SMILES string of the molecule is Cc1cncc(CN2CCC[C@@H](c3ccncn3)C2)c1. The molecule has 1 aliphatic rings. The van der Waals surface area contributed by atoms with Gasteiger partial charge in [0.1, 0.15) is 6.33 Å². The summed E-state index contributed by atoms with van der Waals surface area (Å²) in [6.45, 7) is 5.31. The third-order valence-electron chi connectivity index (χ3n) is 3.87. The summed E-state index contributed by atoms with van der Waals surface area (Å²) in [5.74, 6) is 0.532. The molecule has 1 fully saturated rings. The van der Waals surface area contributed by atoms with Crippen LogP contribution >= 0.6 is 0 Å². The van der Waals surface area contributed by atoms with Crippen LogP contribution in [-0.4, -0.2) is 32.9 Å². The van der Waals surface area contributed by atoms with Gasteiger partial charge in [-0.15, -0.1) is 0 Å². The second kappa shape index (κ2) is 6.09. The van der Waals surface area contributed by atoms with E-state index in [2.05, 4.69) is 32.8 Å². The standard InChI is InChI=1S/C16H20N4/c1-13-7-14(9-18-8-13)10-20-6-2-3-15(11-20)16-4-5-17-12-19-16/h4-5,7-9,12,15H,2-3,6,10-11H2,1H3/t15-/m1/s1.